The van der Waals surface area contributed by atoms with Gasteiger partial charge < -0.3 is 5.32 Å². The molecule has 0 fully saturated rings. The van der Waals surface area contributed by atoms with Gasteiger partial charge in [-0.1, -0.05) is 41.9 Å². The van der Waals surface area contributed by atoms with Gasteiger partial charge in [-0.05, 0) is 18.2 Å². The van der Waals surface area contributed by atoms with Gasteiger partial charge in [-0.15, -0.1) is 0 Å². The van der Waals surface area contributed by atoms with Crippen LogP contribution in [0, 0.1) is 0 Å². The van der Waals surface area contributed by atoms with Crippen molar-refractivity contribution in [1.82, 2.24) is 15.0 Å². The number of sulfone groups is 1. The highest BCUT2D eigenvalue weighted by atomic mass is 35.5. The second-order valence-electron chi connectivity index (χ2n) is 6.24. The molecule has 12 heteroatoms. The van der Waals surface area contributed by atoms with Gasteiger partial charge in [-0.25, -0.2) is 23.4 Å². The van der Waals surface area contributed by atoms with Crippen LogP contribution < -0.4 is 5.32 Å². The summed E-state index contributed by atoms with van der Waals surface area (Å²) >= 11 is 5.82. The average Bonchev–Trinajstić information content (AvgIpc) is 2.74. The van der Waals surface area contributed by atoms with E-state index in [1.165, 1.54) is 30.5 Å². The van der Waals surface area contributed by atoms with E-state index in [1.807, 2.05) is 0 Å². The topological polar surface area (TPSA) is 102 Å². The number of nitrogens with zero attached hydrogens (tertiary/aromatic N) is 3. The van der Waals surface area contributed by atoms with Gasteiger partial charge in [-0.2, -0.15) is 13.2 Å². The van der Waals surface area contributed by atoms with Crippen LogP contribution in [0.1, 0.15) is 12.1 Å². The third kappa shape index (κ3) is 5.76. The fourth-order valence-corrected chi connectivity index (χ4v) is 3.75. The molecule has 31 heavy (non-hydrogen) atoms. The summed E-state index contributed by atoms with van der Waals surface area (Å²) in [5.41, 5.74) is -1.14. The number of halogens is 4. The number of amides is 1. The third-order valence-electron chi connectivity index (χ3n) is 3.97. The standard InChI is InChI=1S/C19H14ClF3N4O3S/c20-17-13(7-4-9-24-17)25-16(28)8-10-31(29,30)18-26-14(12-5-2-1-3-6-12)11-15(27-18)19(21,22)23/h1-7,9,11H,8,10H2,(H,25,28). The fraction of sp³-hybridized carbons (Fsp3) is 0.158. The van der Waals surface area contributed by atoms with E-state index in [9.17, 15) is 26.4 Å². The Morgan fingerprint density at radius 3 is 2.42 bits per heavy atom. The molecule has 2 aromatic heterocycles. The number of hydrogen-bond acceptors (Lipinski definition) is 6. The van der Waals surface area contributed by atoms with Crippen molar-refractivity contribution >= 4 is 33.0 Å². The number of nitrogens with one attached hydrogen (secondary N) is 1. The first-order chi connectivity index (χ1) is 14.6. The second-order valence-corrected chi connectivity index (χ2v) is 8.60. The Labute approximate surface area is 180 Å². The minimum absolute atomic E-state index is 0.00687. The monoisotopic (exact) mass is 470 g/mol. The molecule has 1 aromatic carbocycles. The number of rotatable bonds is 6. The Hall–Kier alpha value is -3.05. The van der Waals surface area contributed by atoms with E-state index >= 15 is 0 Å². The van der Waals surface area contributed by atoms with Crippen molar-refractivity contribution in [2.45, 2.75) is 17.8 Å². The molecule has 0 bridgehead atoms. The van der Waals surface area contributed by atoms with Crippen molar-refractivity contribution in [2.24, 2.45) is 0 Å². The maximum Gasteiger partial charge on any atom is 0.433 e. The lowest BCUT2D eigenvalue weighted by Gasteiger charge is -2.11. The van der Waals surface area contributed by atoms with E-state index in [1.54, 1.807) is 18.2 Å². The van der Waals surface area contributed by atoms with E-state index in [0.717, 1.165) is 0 Å². The summed E-state index contributed by atoms with van der Waals surface area (Å²) in [6.45, 7) is 0. The Balaban J connectivity index is 1.86. The van der Waals surface area contributed by atoms with Crippen LogP contribution in [-0.2, 0) is 20.8 Å². The molecule has 1 N–H and O–H groups in total. The lowest BCUT2D eigenvalue weighted by Crippen LogP contribution is -2.20. The molecule has 0 saturated heterocycles. The summed E-state index contributed by atoms with van der Waals surface area (Å²) in [5, 5.41) is 1.39. The van der Waals surface area contributed by atoms with Crippen molar-refractivity contribution in [1.29, 1.82) is 0 Å². The SMILES string of the molecule is O=C(CCS(=O)(=O)c1nc(-c2ccccc2)cc(C(F)(F)F)n1)Nc1cccnc1Cl. The summed E-state index contributed by atoms with van der Waals surface area (Å²) in [4.78, 5) is 22.8. The highest BCUT2D eigenvalue weighted by Gasteiger charge is 2.35. The zero-order valence-electron chi connectivity index (χ0n) is 15.6. The fourth-order valence-electron chi connectivity index (χ4n) is 2.48. The van der Waals surface area contributed by atoms with Gasteiger partial charge in [0.25, 0.3) is 0 Å². The number of alkyl halides is 3. The number of carbonyl (C=O) groups is 1. The first-order valence-electron chi connectivity index (χ1n) is 8.71. The lowest BCUT2D eigenvalue weighted by atomic mass is 10.1. The van der Waals surface area contributed by atoms with Gasteiger partial charge in [0.2, 0.25) is 20.9 Å². The van der Waals surface area contributed by atoms with Crippen LogP contribution in [0.4, 0.5) is 18.9 Å². The molecule has 3 aromatic rings. The number of anilines is 1. The molecule has 162 valence electrons. The van der Waals surface area contributed by atoms with Crippen LogP contribution in [0.3, 0.4) is 0 Å². The van der Waals surface area contributed by atoms with Crippen molar-refractivity contribution in [3.8, 4) is 11.3 Å². The van der Waals surface area contributed by atoms with Gasteiger partial charge in [0.05, 0.1) is 17.1 Å². The first kappa shape index (κ1) is 22.6. The number of benzene rings is 1. The third-order valence-corrected chi connectivity index (χ3v) is 5.76. The Morgan fingerprint density at radius 1 is 1.06 bits per heavy atom. The van der Waals surface area contributed by atoms with Crippen molar-refractivity contribution in [2.75, 3.05) is 11.1 Å². The molecule has 0 radical (unpaired) electrons. The van der Waals surface area contributed by atoms with Crippen LogP contribution in [0.15, 0.2) is 59.9 Å². The predicted molar refractivity (Wildman–Crippen MR) is 107 cm³/mol. The van der Waals surface area contributed by atoms with Crippen molar-refractivity contribution in [3.05, 3.63) is 65.6 Å². The van der Waals surface area contributed by atoms with Crippen LogP contribution in [0.2, 0.25) is 5.15 Å². The van der Waals surface area contributed by atoms with E-state index in [2.05, 4.69) is 20.3 Å². The maximum atomic E-state index is 13.3. The zero-order valence-corrected chi connectivity index (χ0v) is 17.2. The molecule has 1 amide bonds. The Morgan fingerprint density at radius 2 is 1.77 bits per heavy atom. The van der Waals surface area contributed by atoms with Crippen molar-refractivity contribution in [3.63, 3.8) is 0 Å². The number of pyridine rings is 1. The zero-order chi connectivity index (χ0) is 22.6. The molecule has 0 spiro atoms. The molecule has 2 heterocycles. The molecule has 0 atom stereocenters. The highest BCUT2D eigenvalue weighted by Crippen LogP contribution is 2.31. The molecule has 3 rings (SSSR count). The normalized spacial score (nSPS) is 11.9. The van der Waals surface area contributed by atoms with Gasteiger partial charge >= 0.3 is 6.18 Å². The molecular formula is C19H14ClF3N4O3S. The minimum atomic E-state index is -4.88. The van der Waals surface area contributed by atoms with Crippen LogP contribution in [-0.4, -0.2) is 35.0 Å². The molecular weight excluding hydrogens is 457 g/mol. The van der Waals surface area contributed by atoms with Crippen LogP contribution in [0.5, 0.6) is 0 Å². The number of carbonyl (C=O) groups excluding carboxylic acids is 1. The number of aromatic nitrogens is 3. The largest absolute Gasteiger partial charge is 0.433 e. The average molecular weight is 471 g/mol. The van der Waals surface area contributed by atoms with Crippen LogP contribution >= 0.6 is 11.6 Å². The minimum Gasteiger partial charge on any atom is -0.323 e. The number of hydrogen-bond donors (Lipinski definition) is 1. The van der Waals surface area contributed by atoms with Crippen molar-refractivity contribution < 1.29 is 26.4 Å². The summed E-state index contributed by atoms with van der Waals surface area (Å²) in [7, 11) is -4.40. The Kier molecular flexibility index (Phi) is 6.56. The van der Waals surface area contributed by atoms with Gasteiger partial charge in [0.1, 0.15) is 5.69 Å². The molecule has 0 aliphatic rings. The molecule has 0 aliphatic carbocycles. The summed E-state index contributed by atoms with van der Waals surface area (Å²) < 4.78 is 65.1. The Bertz CT molecular complexity index is 1210. The summed E-state index contributed by atoms with van der Waals surface area (Å²) in [6, 6.07) is 11.4. The molecule has 0 unspecified atom stereocenters. The predicted octanol–water partition coefficient (Wildman–Crippen LogP) is 4.01. The van der Waals surface area contributed by atoms with Gasteiger partial charge in [-0.3, -0.25) is 4.79 Å². The smallest absolute Gasteiger partial charge is 0.323 e. The van der Waals surface area contributed by atoms with Gasteiger partial charge in [0, 0.05) is 18.2 Å². The summed E-state index contributed by atoms with van der Waals surface area (Å²) in [5.74, 6) is -1.51. The lowest BCUT2D eigenvalue weighted by molar-refractivity contribution is -0.141. The molecule has 0 aliphatic heterocycles. The van der Waals surface area contributed by atoms with E-state index in [-0.39, 0.29) is 22.1 Å². The molecule has 7 nitrogen and oxygen atoms in total. The second kappa shape index (κ2) is 8.98. The first-order valence-corrected chi connectivity index (χ1v) is 10.7. The summed E-state index contributed by atoms with van der Waals surface area (Å²) in [6.07, 6.45) is -4.03. The van der Waals surface area contributed by atoms with E-state index in [4.69, 9.17) is 11.6 Å². The van der Waals surface area contributed by atoms with E-state index in [0.29, 0.717) is 6.07 Å². The highest BCUT2D eigenvalue weighted by molar-refractivity contribution is 7.91. The van der Waals surface area contributed by atoms with Gasteiger partial charge in [0.15, 0.2) is 5.15 Å². The molecule has 0 saturated carbocycles. The van der Waals surface area contributed by atoms with Crippen LogP contribution in [0.25, 0.3) is 11.3 Å². The maximum absolute atomic E-state index is 13.3. The van der Waals surface area contributed by atoms with E-state index < -0.39 is 44.9 Å². The quantitative estimate of drug-likeness (QED) is 0.431.